The Bertz CT molecular complexity index is 1840. The van der Waals surface area contributed by atoms with Gasteiger partial charge in [-0.15, -0.1) is 0 Å². The highest BCUT2D eigenvalue weighted by molar-refractivity contribution is 5.97. The summed E-state index contributed by atoms with van der Waals surface area (Å²) < 4.78 is 1.94. The van der Waals surface area contributed by atoms with Crippen molar-refractivity contribution in [3.05, 3.63) is 160 Å². The lowest BCUT2D eigenvalue weighted by Gasteiger charge is -2.06. The van der Waals surface area contributed by atoms with Crippen LogP contribution in [0.1, 0.15) is 54.0 Å². The van der Waals surface area contributed by atoms with Crippen molar-refractivity contribution in [2.75, 3.05) is 0 Å². The second-order valence-corrected chi connectivity index (χ2v) is 11.1. The topological polar surface area (TPSA) is 78.1 Å². The molecule has 0 saturated heterocycles. The van der Waals surface area contributed by atoms with E-state index in [-0.39, 0.29) is 21.5 Å². The van der Waals surface area contributed by atoms with E-state index in [1.807, 2.05) is 0 Å². The Morgan fingerprint density at radius 1 is 0.558 bits per heavy atom. The third-order valence-electron chi connectivity index (χ3n) is 7.93. The SMILES string of the molecule is CCC(C)c1ccccc1.Cc1ccc(Cc2ccc(C)cc2)cc1.Cn1c(=O)c2cc3c(=O)n(C)c(=O)c3cc2c1=O. The van der Waals surface area contributed by atoms with Gasteiger partial charge in [0.15, 0.2) is 0 Å². The maximum absolute atomic E-state index is 11.8. The number of hydrogen-bond acceptors (Lipinski definition) is 4. The van der Waals surface area contributed by atoms with E-state index in [4.69, 9.17) is 0 Å². The summed E-state index contributed by atoms with van der Waals surface area (Å²) in [6.45, 7) is 8.72. The average molecular weight is 575 g/mol. The molecule has 2 aromatic heterocycles. The van der Waals surface area contributed by atoms with Crippen LogP contribution in [0.2, 0.25) is 0 Å². The fraction of sp³-hybridized carbons (Fsp3) is 0.243. The average Bonchev–Trinajstić information content (AvgIpc) is 3.37. The summed E-state index contributed by atoms with van der Waals surface area (Å²) in [5.74, 6) is 0.709. The van der Waals surface area contributed by atoms with Gasteiger partial charge in [0.05, 0.1) is 21.5 Å². The van der Waals surface area contributed by atoms with Gasteiger partial charge in [-0.2, -0.15) is 0 Å². The Kier molecular flexibility index (Phi) is 9.71. The minimum Gasteiger partial charge on any atom is -0.277 e. The lowest BCUT2D eigenvalue weighted by molar-refractivity contribution is 0.733. The van der Waals surface area contributed by atoms with E-state index in [1.54, 1.807) is 0 Å². The monoisotopic (exact) mass is 574 g/mol. The molecular weight excluding hydrogens is 536 g/mol. The van der Waals surface area contributed by atoms with E-state index in [0.717, 1.165) is 15.6 Å². The van der Waals surface area contributed by atoms with Gasteiger partial charge in [-0.3, -0.25) is 28.3 Å². The van der Waals surface area contributed by atoms with E-state index in [1.165, 1.54) is 60.5 Å². The molecule has 0 aliphatic rings. The zero-order chi connectivity index (χ0) is 31.3. The predicted octanol–water partition coefficient (Wildman–Crippen LogP) is 6.08. The second kappa shape index (κ2) is 13.4. The zero-order valence-corrected chi connectivity index (χ0v) is 25.7. The normalized spacial score (nSPS) is 11.5. The standard InChI is InChI=1S/C15H16.C12H8N2O4.C10H14/c1-12-3-7-14(8-4-12)11-15-9-5-13(2)6-10-15;1-13-9(15)5-3-7-8(4-6(5)10(13)16)12(18)14(2)11(7)17;1-3-9(2)10-7-5-4-6-8-10/h3-10H,11H2,1-2H3;3-4H,1-2H3;4-9H,3H2,1-2H3. The molecule has 0 aliphatic carbocycles. The molecular formula is C37H38N2O4. The van der Waals surface area contributed by atoms with Gasteiger partial charge in [0.2, 0.25) is 0 Å². The fourth-order valence-electron chi connectivity index (χ4n) is 4.88. The molecule has 4 aromatic carbocycles. The van der Waals surface area contributed by atoms with Crippen molar-refractivity contribution in [2.24, 2.45) is 14.1 Å². The number of nitrogens with zero attached hydrogens (tertiary/aromatic N) is 2. The quantitative estimate of drug-likeness (QED) is 0.256. The molecule has 6 aromatic rings. The van der Waals surface area contributed by atoms with Crippen molar-refractivity contribution in [1.82, 2.24) is 9.13 Å². The molecule has 1 unspecified atom stereocenters. The molecule has 0 saturated carbocycles. The Morgan fingerprint density at radius 2 is 0.907 bits per heavy atom. The van der Waals surface area contributed by atoms with Crippen LogP contribution in [0.3, 0.4) is 0 Å². The smallest absolute Gasteiger partial charge is 0.261 e. The van der Waals surface area contributed by atoms with Gasteiger partial charge in [-0.1, -0.05) is 104 Å². The molecule has 6 heteroatoms. The minimum atomic E-state index is -0.451. The van der Waals surface area contributed by atoms with E-state index < -0.39 is 22.2 Å². The van der Waals surface area contributed by atoms with Gasteiger partial charge >= 0.3 is 0 Å². The Balaban J connectivity index is 0.000000154. The molecule has 0 bridgehead atoms. The highest BCUT2D eigenvalue weighted by Crippen LogP contribution is 2.17. The summed E-state index contributed by atoms with van der Waals surface area (Å²) in [5, 5.41) is 0.714. The maximum Gasteiger partial charge on any atom is 0.261 e. The van der Waals surface area contributed by atoms with E-state index >= 15 is 0 Å². The summed E-state index contributed by atoms with van der Waals surface area (Å²) in [5.41, 5.74) is 5.05. The van der Waals surface area contributed by atoms with E-state index in [2.05, 4.69) is 107 Å². The molecule has 2 heterocycles. The number of rotatable bonds is 4. The van der Waals surface area contributed by atoms with Crippen molar-refractivity contribution in [3.63, 3.8) is 0 Å². The Morgan fingerprint density at radius 3 is 1.23 bits per heavy atom. The van der Waals surface area contributed by atoms with Crippen molar-refractivity contribution in [2.45, 2.75) is 46.5 Å². The fourth-order valence-corrected chi connectivity index (χ4v) is 4.88. The molecule has 0 radical (unpaired) electrons. The molecule has 0 aliphatic heterocycles. The van der Waals surface area contributed by atoms with Crippen molar-refractivity contribution < 1.29 is 0 Å². The maximum atomic E-state index is 11.8. The molecule has 43 heavy (non-hydrogen) atoms. The van der Waals surface area contributed by atoms with Crippen LogP contribution in [0.5, 0.6) is 0 Å². The van der Waals surface area contributed by atoms with Crippen LogP contribution in [0.25, 0.3) is 21.5 Å². The van der Waals surface area contributed by atoms with E-state index in [9.17, 15) is 19.2 Å². The summed E-state index contributed by atoms with van der Waals surface area (Å²) in [7, 11) is 2.73. The van der Waals surface area contributed by atoms with Gasteiger partial charge in [-0.05, 0) is 61.4 Å². The molecule has 1 atom stereocenters. The summed E-state index contributed by atoms with van der Waals surface area (Å²) in [4.78, 5) is 47.1. The zero-order valence-electron chi connectivity index (χ0n) is 25.7. The molecule has 6 rings (SSSR count). The molecule has 0 N–H and O–H groups in total. The number of hydrogen-bond donors (Lipinski definition) is 0. The first-order chi connectivity index (χ1) is 20.5. The summed E-state index contributed by atoms with van der Waals surface area (Å²) in [6, 6.07) is 30.8. The lowest BCUT2D eigenvalue weighted by atomic mass is 9.99. The van der Waals surface area contributed by atoms with Crippen LogP contribution in [-0.2, 0) is 20.5 Å². The Labute approximate surface area is 251 Å². The molecule has 0 spiro atoms. The van der Waals surface area contributed by atoms with Crippen LogP contribution in [0.4, 0.5) is 0 Å². The number of aryl methyl sites for hydroxylation is 2. The van der Waals surface area contributed by atoms with Gasteiger partial charge in [0.1, 0.15) is 0 Å². The van der Waals surface area contributed by atoms with Crippen LogP contribution in [-0.4, -0.2) is 9.13 Å². The molecule has 220 valence electrons. The van der Waals surface area contributed by atoms with Crippen molar-refractivity contribution in [3.8, 4) is 0 Å². The predicted molar refractivity (Wildman–Crippen MR) is 177 cm³/mol. The minimum absolute atomic E-state index is 0.178. The molecule has 0 amide bonds. The van der Waals surface area contributed by atoms with E-state index in [0.29, 0.717) is 5.92 Å². The lowest BCUT2D eigenvalue weighted by Crippen LogP contribution is -2.21. The van der Waals surface area contributed by atoms with Crippen molar-refractivity contribution in [1.29, 1.82) is 0 Å². The number of benzene rings is 4. The third kappa shape index (κ3) is 6.97. The van der Waals surface area contributed by atoms with Gasteiger partial charge in [-0.25, -0.2) is 0 Å². The Hall–Kier alpha value is -4.84. The molecule has 6 nitrogen and oxygen atoms in total. The van der Waals surface area contributed by atoms with Crippen LogP contribution >= 0.6 is 0 Å². The first kappa shape index (κ1) is 31.1. The highest BCUT2D eigenvalue weighted by atomic mass is 16.2. The first-order valence-corrected chi connectivity index (χ1v) is 14.5. The summed E-state index contributed by atoms with van der Waals surface area (Å²) in [6.07, 6.45) is 2.25. The number of fused-ring (bicyclic) bond motifs is 2. The van der Waals surface area contributed by atoms with Crippen LogP contribution in [0, 0.1) is 13.8 Å². The molecule has 0 fully saturated rings. The van der Waals surface area contributed by atoms with Gasteiger partial charge in [0, 0.05) is 14.1 Å². The van der Waals surface area contributed by atoms with Crippen LogP contribution < -0.4 is 22.2 Å². The largest absolute Gasteiger partial charge is 0.277 e. The van der Waals surface area contributed by atoms with Crippen LogP contribution in [0.15, 0.2) is 110 Å². The summed E-state index contributed by atoms with van der Waals surface area (Å²) >= 11 is 0. The first-order valence-electron chi connectivity index (χ1n) is 14.5. The second-order valence-electron chi connectivity index (χ2n) is 11.1. The highest BCUT2D eigenvalue weighted by Gasteiger charge is 2.16. The van der Waals surface area contributed by atoms with Gasteiger partial charge < -0.3 is 0 Å². The van der Waals surface area contributed by atoms with Gasteiger partial charge in [0.25, 0.3) is 22.2 Å². The number of aromatic nitrogens is 2. The van der Waals surface area contributed by atoms with Crippen molar-refractivity contribution >= 4 is 21.5 Å². The third-order valence-corrected chi connectivity index (χ3v) is 7.93.